The fraction of sp³-hybridized carbons (Fsp3) is 0.381. The van der Waals surface area contributed by atoms with Gasteiger partial charge in [0.25, 0.3) is 0 Å². The predicted octanol–water partition coefficient (Wildman–Crippen LogP) is 2.44. The second-order valence-electron chi connectivity index (χ2n) is 7.98. The van der Waals surface area contributed by atoms with Crippen molar-refractivity contribution in [1.29, 1.82) is 0 Å². The number of nitrogens with zero attached hydrogens (tertiary/aromatic N) is 5. The predicted molar refractivity (Wildman–Crippen MR) is 112 cm³/mol. The molecule has 0 bridgehead atoms. The Morgan fingerprint density at radius 3 is 2.71 bits per heavy atom. The summed E-state index contributed by atoms with van der Waals surface area (Å²) in [5.41, 5.74) is 2.16. The molecule has 160 valence electrons. The van der Waals surface area contributed by atoms with E-state index in [0.29, 0.717) is 54.1 Å². The van der Waals surface area contributed by atoms with Crippen molar-refractivity contribution < 1.29 is 14.3 Å². The maximum atomic E-state index is 14.8. The number of anilines is 2. The van der Waals surface area contributed by atoms with E-state index in [0.717, 1.165) is 5.56 Å². The van der Waals surface area contributed by atoms with E-state index in [2.05, 4.69) is 25.5 Å². The number of carbonyl (C=O) groups excluding carboxylic acids is 1. The van der Waals surface area contributed by atoms with Gasteiger partial charge in [-0.2, -0.15) is 5.10 Å². The Morgan fingerprint density at radius 1 is 1.16 bits per heavy atom. The quantitative estimate of drug-likeness (QED) is 0.592. The summed E-state index contributed by atoms with van der Waals surface area (Å²) in [4.78, 5) is 27.6. The third kappa shape index (κ3) is 3.52. The van der Waals surface area contributed by atoms with Crippen LogP contribution in [0.1, 0.15) is 31.2 Å². The highest BCUT2D eigenvalue weighted by molar-refractivity contribution is 6.01. The number of aryl methyl sites for hydroxylation is 1. The van der Waals surface area contributed by atoms with Gasteiger partial charge in [-0.15, -0.1) is 0 Å². The maximum absolute atomic E-state index is 14.8. The highest BCUT2D eigenvalue weighted by Crippen LogP contribution is 2.35. The molecule has 2 aliphatic rings. The van der Waals surface area contributed by atoms with Crippen molar-refractivity contribution in [3.05, 3.63) is 36.0 Å². The lowest BCUT2D eigenvalue weighted by atomic mass is 9.91. The standard InChI is InChI=1S/C21H22FN7O2/c1-11-6-15(19-25-10-26-28-19)16(22)7-14(11)17-8-23-20-21(27-17)29(18(31)9-24-20)12-2-4-13(30)5-3-12/h6-8,10,12-13,30H,2-5,9H2,1H3,(H,23,24)(H,25,26,28)/t12-,13+. The van der Waals surface area contributed by atoms with Crippen LogP contribution >= 0.6 is 0 Å². The molecule has 1 amide bonds. The molecular weight excluding hydrogens is 401 g/mol. The Morgan fingerprint density at radius 2 is 1.97 bits per heavy atom. The van der Waals surface area contributed by atoms with Gasteiger partial charge < -0.3 is 10.4 Å². The molecule has 1 aromatic carbocycles. The number of rotatable bonds is 3. The number of aliphatic hydroxyl groups excluding tert-OH is 1. The molecule has 31 heavy (non-hydrogen) atoms. The largest absolute Gasteiger partial charge is 0.393 e. The van der Waals surface area contributed by atoms with Gasteiger partial charge in [-0.3, -0.25) is 14.8 Å². The molecule has 3 aromatic rings. The first-order valence-electron chi connectivity index (χ1n) is 10.3. The van der Waals surface area contributed by atoms with Gasteiger partial charge in [-0.25, -0.2) is 19.3 Å². The van der Waals surface area contributed by atoms with Crippen LogP contribution in [0.25, 0.3) is 22.6 Å². The van der Waals surface area contributed by atoms with Crippen molar-refractivity contribution in [3.8, 4) is 22.6 Å². The van der Waals surface area contributed by atoms with Crippen LogP contribution in [-0.2, 0) is 4.79 Å². The summed E-state index contributed by atoms with van der Waals surface area (Å²) in [5.74, 6) is 0.720. The first-order chi connectivity index (χ1) is 15.0. The lowest BCUT2D eigenvalue weighted by Crippen LogP contribution is -2.49. The zero-order valence-electron chi connectivity index (χ0n) is 17.0. The van der Waals surface area contributed by atoms with Gasteiger partial charge in [0.2, 0.25) is 5.91 Å². The molecule has 9 nitrogen and oxygen atoms in total. The van der Waals surface area contributed by atoms with Crippen LogP contribution in [0.3, 0.4) is 0 Å². The normalized spacial score (nSPS) is 21.0. The monoisotopic (exact) mass is 423 g/mol. The van der Waals surface area contributed by atoms with Crippen LogP contribution in [0.15, 0.2) is 24.7 Å². The van der Waals surface area contributed by atoms with E-state index in [1.807, 2.05) is 6.92 Å². The Balaban J connectivity index is 1.54. The number of halogens is 1. The minimum Gasteiger partial charge on any atom is -0.393 e. The van der Waals surface area contributed by atoms with Crippen molar-refractivity contribution in [2.45, 2.75) is 44.8 Å². The fourth-order valence-corrected chi connectivity index (χ4v) is 4.32. The molecule has 1 fully saturated rings. The van der Waals surface area contributed by atoms with Gasteiger partial charge in [0.05, 0.1) is 30.1 Å². The molecule has 1 aliphatic carbocycles. The Hall–Kier alpha value is -3.40. The summed E-state index contributed by atoms with van der Waals surface area (Å²) in [7, 11) is 0. The molecule has 0 atom stereocenters. The number of aliphatic hydroxyl groups is 1. The summed E-state index contributed by atoms with van der Waals surface area (Å²) in [6.45, 7) is 2.01. The van der Waals surface area contributed by atoms with E-state index in [-0.39, 0.29) is 30.4 Å². The lowest BCUT2D eigenvalue weighted by molar-refractivity contribution is -0.118. The first kappa shape index (κ1) is 19.6. The highest BCUT2D eigenvalue weighted by Gasteiger charge is 2.35. The van der Waals surface area contributed by atoms with Crippen LogP contribution in [-0.4, -0.2) is 54.9 Å². The van der Waals surface area contributed by atoms with Gasteiger partial charge in [-0.1, -0.05) is 0 Å². The number of aromatic nitrogens is 5. The number of aromatic amines is 1. The van der Waals surface area contributed by atoms with E-state index in [1.165, 1.54) is 12.4 Å². The van der Waals surface area contributed by atoms with E-state index >= 15 is 0 Å². The average Bonchev–Trinajstić information content (AvgIpc) is 3.30. The van der Waals surface area contributed by atoms with Crippen molar-refractivity contribution in [2.75, 3.05) is 16.8 Å². The SMILES string of the molecule is Cc1cc(-c2nc[nH]n2)c(F)cc1-c1cnc2c(n1)N([C@H]1CC[C@@H](O)CC1)C(=O)CN2. The minimum absolute atomic E-state index is 0.0350. The van der Waals surface area contributed by atoms with Gasteiger partial charge in [-0.05, 0) is 50.3 Å². The van der Waals surface area contributed by atoms with Crippen LogP contribution in [0, 0.1) is 12.7 Å². The number of hydrogen-bond donors (Lipinski definition) is 3. The van der Waals surface area contributed by atoms with Crippen molar-refractivity contribution in [1.82, 2.24) is 25.1 Å². The summed E-state index contributed by atoms with van der Waals surface area (Å²) in [5, 5.41) is 19.4. The number of benzene rings is 1. The van der Waals surface area contributed by atoms with E-state index in [1.54, 1.807) is 17.2 Å². The molecule has 3 heterocycles. The second-order valence-corrected chi connectivity index (χ2v) is 7.98. The molecule has 3 N–H and O–H groups in total. The lowest BCUT2D eigenvalue weighted by Gasteiger charge is -2.38. The van der Waals surface area contributed by atoms with Crippen LogP contribution in [0.2, 0.25) is 0 Å². The molecule has 10 heteroatoms. The van der Waals surface area contributed by atoms with Crippen LogP contribution in [0.4, 0.5) is 16.0 Å². The zero-order chi connectivity index (χ0) is 21.5. The maximum Gasteiger partial charge on any atom is 0.247 e. The molecule has 0 spiro atoms. The molecule has 0 radical (unpaired) electrons. The molecule has 0 saturated heterocycles. The van der Waals surface area contributed by atoms with Gasteiger partial charge in [0.1, 0.15) is 12.1 Å². The Labute approximate surface area is 177 Å². The smallest absolute Gasteiger partial charge is 0.247 e. The van der Waals surface area contributed by atoms with Crippen LogP contribution in [0.5, 0.6) is 0 Å². The van der Waals surface area contributed by atoms with E-state index in [4.69, 9.17) is 4.98 Å². The van der Waals surface area contributed by atoms with Crippen molar-refractivity contribution >= 4 is 17.5 Å². The molecule has 5 rings (SSSR count). The highest BCUT2D eigenvalue weighted by atomic mass is 19.1. The number of H-pyrrole nitrogens is 1. The zero-order valence-corrected chi connectivity index (χ0v) is 17.0. The van der Waals surface area contributed by atoms with E-state index in [9.17, 15) is 14.3 Å². The fourth-order valence-electron chi connectivity index (χ4n) is 4.32. The molecular formula is C21H22FN7O2. The first-order valence-corrected chi connectivity index (χ1v) is 10.3. The third-order valence-corrected chi connectivity index (χ3v) is 5.94. The molecule has 0 unspecified atom stereocenters. The number of amides is 1. The molecule has 1 aliphatic heterocycles. The number of hydrogen-bond acceptors (Lipinski definition) is 7. The van der Waals surface area contributed by atoms with Gasteiger partial charge >= 0.3 is 0 Å². The third-order valence-electron chi connectivity index (χ3n) is 5.94. The van der Waals surface area contributed by atoms with Gasteiger partial charge in [0.15, 0.2) is 17.5 Å². The van der Waals surface area contributed by atoms with Crippen LogP contribution < -0.4 is 10.2 Å². The molecule has 1 saturated carbocycles. The van der Waals surface area contributed by atoms with E-state index < -0.39 is 5.82 Å². The van der Waals surface area contributed by atoms with Crippen molar-refractivity contribution in [2.24, 2.45) is 0 Å². The number of fused-ring (bicyclic) bond motifs is 1. The Kier molecular flexibility index (Phi) is 4.85. The van der Waals surface area contributed by atoms with Crippen molar-refractivity contribution in [3.63, 3.8) is 0 Å². The summed E-state index contributed by atoms with van der Waals surface area (Å²) in [6, 6.07) is 3.04. The minimum atomic E-state index is -0.466. The topological polar surface area (TPSA) is 120 Å². The average molecular weight is 423 g/mol. The molecule has 2 aromatic heterocycles. The number of carbonyl (C=O) groups is 1. The van der Waals surface area contributed by atoms with Gasteiger partial charge in [0, 0.05) is 11.6 Å². The summed E-state index contributed by atoms with van der Waals surface area (Å²) < 4.78 is 14.8. The number of nitrogens with one attached hydrogen (secondary N) is 2. The summed E-state index contributed by atoms with van der Waals surface area (Å²) in [6.07, 6.45) is 5.37. The summed E-state index contributed by atoms with van der Waals surface area (Å²) >= 11 is 0. The Bertz CT molecular complexity index is 1130. The second kappa shape index (κ2) is 7.69.